The smallest absolute Gasteiger partial charge is 0.271 e. The molecule has 0 fully saturated rings. The van der Waals surface area contributed by atoms with Crippen molar-refractivity contribution in [2.45, 2.75) is 38.3 Å². The van der Waals surface area contributed by atoms with Gasteiger partial charge in [0.25, 0.3) is 11.6 Å². The molecule has 0 amide bonds. The first-order chi connectivity index (χ1) is 12.5. The van der Waals surface area contributed by atoms with E-state index in [0.29, 0.717) is 16.6 Å². The van der Waals surface area contributed by atoms with E-state index in [0.717, 1.165) is 37.1 Å². The van der Waals surface area contributed by atoms with Gasteiger partial charge in [0.1, 0.15) is 5.69 Å². The summed E-state index contributed by atoms with van der Waals surface area (Å²) in [6.07, 6.45) is 4.37. The summed E-state index contributed by atoms with van der Waals surface area (Å²) in [4.78, 5) is 2.28. The third-order valence-electron chi connectivity index (χ3n) is 5.52. The highest BCUT2D eigenvalue weighted by atomic mass is 35.5. The maximum absolute atomic E-state index is 11.8. The van der Waals surface area contributed by atoms with E-state index in [-0.39, 0.29) is 0 Å². The number of amidine groups is 1. The number of aryl methyl sites for hydroxylation is 1. The summed E-state index contributed by atoms with van der Waals surface area (Å²) in [5.41, 5.74) is 2.06. The van der Waals surface area contributed by atoms with Crippen molar-refractivity contribution in [1.29, 1.82) is 0 Å². The SMILES string of the molecule is Cc1ccccc1N1C[C@](O)(c2ccc(Cl)c(Cl)c2)[N+]2=C1CCCCC2. The van der Waals surface area contributed by atoms with Crippen molar-refractivity contribution in [3.05, 3.63) is 63.6 Å². The van der Waals surface area contributed by atoms with Crippen LogP contribution in [0.1, 0.15) is 36.8 Å². The lowest BCUT2D eigenvalue weighted by atomic mass is 10.0. The quantitative estimate of drug-likeness (QED) is 0.735. The third kappa shape index (κ3) is 2.92. The molecular weight excluding hydrogens is 367 g/mol. The summed E-state index contributed by atoms with van der Waals surface area (Å²) in [6.45, 7) is 3.45. The van der Waals surface area contributed by atoms with Gasteiger partial charge < -0.3 is 5.11 Å². The standard InChI is InChI=1S/C21H23Cl2N2O/c1-15-7-4-5-8-19(15)24-14-21(26,16-10-11-17(22)18(23)13-16)25-12-6-2-3-9-20(24)25/h4-5,7-8,10-11,13,26H,2-3,6,9,12,14H2,1H3/q+1/t21-/m0/s1. The van der Waals surface area contributed by atoms with E-state index in [1.54, 1.807) is 12.1 Å². The van der Waals surface area contributed by atoms with Gasteiger partial charge in [-0.2, -0.15) is 0 Å². The van der Waals surface area contributed by atoms with Gasteiger partial charge in [0.05, 0.1) is 16.6 Å². The lowest BCUT2D eigenvalue weighted by Gasteiger charge is -2.24. The monoisotopic (exact) mass is 389 g/mol. The minimum Gasteiger partial charge on any atom is -0.346 e. The van der Waals surface area contributed by atoms with Gasteiger partial charge in [-0.3, -0.25) is 0 Å². The van der Waals surface area contributed by atoms with Gasteiger partial charge in [-0.05, 0) is 49.9 Å². The van der Waals surface area contributed by atoms with Gasteiger partial charge in [-0.15, -0.1) is 0 Å². The highest BCUT2D eigenvalue weighted by Gasteiger charge is 2.52. The van der Waals surface area contributed by atoms with E-state index in [4.69, 9.17) is 23.2 Å². The molecule has 4 rings (SSSR count). The number of para-hydroxylation sites is 1. The van der Waals surface area contributed by atoms with Crippen molar-refractivity contribution in [3.63, 3.8) is 0 Å². The average Bonchev–Trinajstić information content (AvgIpc) is 2.78. The van der Waals surface area contributed by atoms with Crippen LogP contribution in [-0.4, -0.2) is 28.6 Å². The van der Waals surface area contributed by atoms with E-state index in [1.165, 1.54) is 17.8 Å². The number of anilines is 1. The zero-order chi connectivity index (χ0) is 18.3. The van der Waals surface area contributed by atoms with Crippen LogP contribution in [0.5, 0.6) is 0 Å². The second kappa shape index (κ2) is 6.88. The molecule has 2 aromatic rings. The highest BCUT2D eigenvalue weighted by molar-refractivity contribution is 6.42. The van der Waals surface area contributed by atoms with Gasteiger partial charge in [-0.25, -0.2) is 9.48 Å². The summed E-state index contributed by atoms with van der Waals surface area (Å²) < 4.78 is 2.17. The van der Waals surface area contributed by atoms with Crippen LogP contribution in [0.2, 0.25) is 10.0 Å². The Kier molecular flexibility index (Phi) is 4.72. The van der Waals surface area contributed by atoms with Crippen LogP contribution >= 0.6 is 23.2 Å². The molecule has 3 nitrogen and oxygen atoms in total. The number of hydrogen-bond donors (Lipinski definition) is 1. The largest absolute Gasteiger partial charge is 0.346 e. The van der Waals surface area contributed by atoms with Crippen LogP contribution in [0.4, 0.5) is 5.69 Å². The lowest BCUT2D eigenvalue weighted by molar-refractivity contribution is -0.658. The Morgan fingerprint density at radius 2 is 1.85 bits per heavy atom. The molecule has 0 spiro atoms. The van der Waals surface area contributed by atoms with E-state index in [9.17, 15) is 5.11 Å². The Bertz CT molecular complexity index is 880. The fraction of sp³-hybridized carbons (Fsp3) is 0.381. The van der Waals surface area contributed by atoms with Crippen LogP contribution in [-0.2, 0) is 5.72 Å². The number of nitrogens with zero attached hydrogens (tertiary/aromatic N) is 2. The molecule has 26 heavy (non-hydrogen) atoms. The van der Waals surface area contributed by atoms with Crippen molar-refractivity contribution in [2.75, 3.05) is 18.0 Å². The number of hydrogen-bond acceptors (Lipinski definition) is 2. The summed E-state index contributed by atoms with van der Waals surface area (Å²) in [6, 6.07) is 13.8. The molecule has 0 aromatic heterocycles. The highest BCUT2D eigenvalue weighted by Crippen LogP contribution is 2.38. The Morgan fingerprint density at radius 3 is 2.62 bits per heavy atom. The predicted octanol–water partition coefficient (Wildman–Crippen LogP) is 4.95. The molecule has 5 heteroatoms. The lowest BCUT2D eigenvalue weighted by Crippen LogP contribution is -2.41. The molecule has 136 valence electrons. The number of β-amino-alcohol motifs (C(OH)–C–C–N with tert-alkyl or cyclic N) is 1. The molecule has 2 aromatic carbocycles. The summed E-state index contributed by atoms with van der Waals surface area (Å²) in [5, 5.41) is 12.8. The maximum atomic E-state index is 11.8. The van der Waals surface area contributed by atoms with Gasteiger partial charge in [0, 0.05) is 12.0 Å². The first-order valence-electron chi connectivity index (χ1n) is 9.15. The summed E-state index contributed by atoms with van der Waals surface area (Å²) in [5.74, 6) is 1.20. The Labute approximate surface area is 164 Å². The van der Waals surface area contributed by atoms with Crippen molar-refractivity contribution < 1.29 is 9.68 Å². The Balaban J connectivity index is 1.84. The van der Waals surface area contributed by atoms with Gasteiger partial charge in [-0.1, -0.05) is 47.5 Å². The van der Waals surface area contributed by atoms with Crippen LogP contribution in [0.25, 0.3) is 0 Å². The van der Waals surface area contributed by atoms with Gasteiger partial charge >= 0.3 is 0 Å². The molecule has 0 unspecified atom stereocenters. The van der Waals surface area contributed by atoms with Gasteiger partial charge in [0.15, 0.2) is 6.54 Å². The number of aliphatic hydroxyl groups is 1. The Hall–Kier alpha value is -1.55. The van der Waals surface area contributed by atoms with Crippen LogP contribution in [0.15, 0.2) is 42.5 Å². The predicted molar refractivity (Wildman–Crippen MR) is 107 cm³/mol. The molecule has 0 saturated carbocycles. The summed E-state index contributed by atoms with van der Waals surface area (Å²) >= 11 is 12.4. The molecule has 0 saturated heterocycles. The molecule has 2 aliphatic rings. The third-order valence-corrected chi connectivity index (χ3v) is 6.26. The second-order valence-corrected chi connectivity index (χ2v) is 8.01. The van der Waals surface area contributed by atoms with E-state index < -0.39 is 5.72 Å². The average molecular weight is 390 g/mol. The number of benzene rings is 2. The van der Waals surface area contributed by atoms with E-state index >= 15 is 0 Å². The molecule has 0 radical (unpaired) electrons. The maximum Gasteiger partial charge on any atom is 0.271 e. The summed E-state index contributed by atoms with van der Waals surface area (Å²) in [7, 11) is 0. The molecule has 0 bridgehead atoms. The van der Waals surface area contributed by atoms with Crippen LogP contribution in [0, 0.1) is 6.92 Å². The number of rotatable bonds is 2. The first-order valence-corrected chi connectivity index (χ1v) is 9.91. The first kappa shape index (κ1) is 17.8. The topological polar surface area (TPSA) is 26.5 Å². The molecule has 1 N–H and O–H groups in total. The Morgan fingerprint density at radius 1 is 1.04 bits per heavy atom. The molecule has 1 atom stereocenters. The normalized spacial score (nSPS) is 23.2. The van der Waals surface area contributed by atoms with Crippen molar-refractivity contribution in [3.8, 4) is 0 Å². The molecule has 2 heterocycles. The van der Waals surface area contributed by atoms with Crippen molar-refractivity contribution >= 4 is 34.7 Å². The van der Waals surface area contributed by atoms with Crippen LogP contribution < -0.4 is 4.90 Å². The second-order valence-electron chi connectivity index (χ2n) is 7.20. The molecule has 0 aliphatic carbocycles. The molecule has 2 aliphatic heterocycles. The van der Waals surface area contributed by atoms with Gasteiger partial charge in [0.2, 0.25) is 0 Å². The minimum atomic E-state index is -1.10. The fourth-order valence-electron chi connectivity index (χ4n) is 4.15. The zero-order valence-corrected chi connectivity index (χ0v) is 16.4. The van der Waals surface area contributed by atoms with E-state index in [2.05, 4.69) is 40.7 Å². The number of halogens is 2. The molecular formula is C21H23Cl2N2O+. The minimum absolute atomic E-state index is 0.475. The zero-order valence-electron chi connectivity index (χ0n) is 14.9. The van der Waals surface area contributed by atoms with Crippen molar-refractivity contribution in [1.82, 2.24) is 0 Å². The van der Waals surface area contributed by atoms with E-state index in [1.807, 2.05) is 6.07 Å². The van der Waals surface area contributed by atoms with Crippen LogP contribution in [0.3, 0.4) is 0 Å². The fourth-order valence-corrected chi connectivity index (χ4v) is 4.45. The van der Waals surface area contributed by atoms with Crippen molar-refractivity contribution in [2.24, 2.45) is 0 Å².